The Bertz CT molecular complexity index is 4190. The Morgan fingerprint density at radius 1 is 0.506 bits per heavy atom. The van der Waals surface area contributed by atoms with Crippen LogP contribution in [-0.2, 0) is 0 Å². The predicted octanol–water partition coefficient (Wildman–Crippen LogP) is 12.2. The lowest BCUT2D eigenvalue weighted by Gasteiger charge is -2.13. The van der Waals surface area contributed by atoms with E-state index in [1.165, 1.54) is 15.9 Å². The lowest BCUT2D eigenvalue weighted by molar-refractivity contribution is 0.324. The van der Waals surface area contributed by atoms with Gasteiger partial charge in [-0.15, -0.1) is 19.9 Å². The van der Waals surface area contributed by atoms with E-state index in [1.54, 1.807) is 51.8 Å². The number of aryl methyl sites for hydroxylation is 3. The standard InChI is InChI=1S/C30H32N8O3.C16H18N4O.C14H16N4O3/c1-15(2)23-17(4)28(37-29(23)32-26(35-37)19-11-9-16(3)10-12-19)31-24-18(5)34-38-30(24)33-27(36-38)20-13-21(39-6)25(41-8)22(14-20)40-7;1-9(2)13-11(4)15(19-21)20-16(13)17-14(18-20)12-7-5-10(3)6-8-12;1-8-5-12-15-14(17-18(12)16-8)9-6-10(19-2)13(21-4)11(7-9)20-3/h9-15H,1-8H3,(H,32,35);5-9H,1-4H3,(H,17,18);5-7,16H,1-4H3. The number of aromatic nitrogens is 13. The molecule has 7 aromatic heterocycles. The highest BCUT2D eigenvalue weighted by Gasteiger charge is 2.29. The molecule has 0 atom stereocenters. The number of aromatic amines is 3. The Kier molecular flexibility index (Phi) is 15.5. The molecule has 3 N–H and O–H groups in total. The summed E-state index contributed by atoms with van der Waals surface area (Å²) in [5.41, 5.74) is 14.8. The summed E-state index contributed by atoms with van der Waals surface area (Å²) >= 11 is 0. The molecule has 12 rings (SSSR count). The Hall–Kier alpha value is -10.1. The molecule has 428 valence electrons. The molecule has 0 amide bonds. The summed E-state index contributed by atoms with van der Waals surface area (Å²) in [6.07, 6.45) is 0. The smallest absolute Gasteiger partial charge is 0.204 e. The van der Waals surface area contributed by atoms with E-state index in [2.05, 4.69) is 112 Å². The van der Waals surface area contributed by atoms with Gasteiger partial charge in [0.1, 0.15) is 5.71 Å². The van der Waals surface area contributed by atoms with Crippen LogP contribution in [0.2, 0.25) is 0 Å². The molecule has 0 spiro atoms. The van der Waals surface area contributed by atoms with Crippen molar-refractivity contribution in [1.29, 1.82) is 0 Å². The molecule has 1 aliphatic rings. The lowest BCUT2D eigenvalue weighted by Crippen LogP contribution is -2.09. The van der Waals surface area contributed by atoms with Gasteiger partial charge in [-0.05, 0) is 82.8 Å². The molecule has 11 aromatic rings. The minimum absolute atomic E-state index is 0.252. The monoisotopic (exact) mass is 1120 g/mol. The van der Waals surface area contributed by atoms with E-state index in [1.807, 2.05) is 86.8 Å². The van der Waals surface area contributed by atoms with E-state index in [0.29, 0.717) is 69.1 Å². The summed E-state index contributed by atoms with van der Waals surface area (Å²) in [6.45, 7) is 20.5. The first-order valence-electron chi connectivity index (χ1n) is 26.8. The normalized spacial score (nSPS) is 12.5. The first-order valence-corrected chi connectivity index (χ1v) is 26.8. The van der Waals surface area contributed by atoms with Crippen LogP contribution in [0.5, 0.6) is 34.5 Å². The van der Waals surface area contributed by atoms with Gasteiger partial charge in [0, 0.05) is 56.3 Å². The fourth-order valence-corrected chi connectivity index (χ4v) is 10.2. The second-order valence-corrected chi connectivity index (χ2v) is 20.6. The number of H-pyrrole nitrogens is 3. The maximum absolute atomic E-state index is 11.1. The molecule has 23 heteroatoms. The van der Waals surface area contributed by atoms with Gasteiger partial charge in [-0.3, -0.25) is 15.3 Å². The molecular weight excluding hydrogens is 1060 g/mol. The Labute approximate surface area is 478 Å². The van der Waals surface area contributed by atoms with Gasteiger partial charge < -0.3 is 28.4 Å². The topological polar surface area (TPSA) is 252 Å². The van der Waals surface area contributed by atoms with E-state index in [9.17, 15) is 4.91 Å². The number of nitrogens with zero attached hydrogens (tertiary/aromatic N) is 13. The second kappa shape index (κ2) is 22.8. The van der Waals surface area contributed by atoms with Crippen molar-refractivity contribution in [2.45, 2.75) is 81.1 Å². The molecule has 0 bridgehead atoms. The second-order valence-electron chi connectivity index (χ2n) is 20.6. The van der Waals surface area contributed by atoms with Gasteiger partial charge in [0.25, 0.3) is 0 Å². The predicted molar refractivity (Wildman–Crippen MR) is 320 cm³/mol. The third-order valence-corrected chi connectivity index (χ3v) is 14.3. The van der Waals surface area contributed by atoms with Crippen LogP contribution in [-0.4, -0.2) is 118 Å². The summed E-state index contributed by atoms with van der Waals surface area (Å²) in [4.78, 5) is 36.7. The highest BCUT2D eigenvalue weighted by atomic mass is 16.5. The summed E-state index contributed by atoms with van der Waals surface area (Å²) in [7, 11) is 9.45. The molecule has 23 nitrogen and oxygen atoms in total. The number of hydrogen-bond donors (Lipinski definition) is 3. The van der Waals surface area contributed by atoms with Crippen LogP contribution in [0.15, 0.2) is 94.1 Å². The first kappa shape index (κ1) is 56.2. The number of nitroso groups, excluding NO2 is 1. The Balaban J connectivity index is 0.000000154. The lowest BCUT2D eigenvalue weighted by atomic mass is 10.0. The van der Waals surface area contributed by atoms with E-state index in [-0.39, 0.29) is 11.8 Å². The summed E-state index contributed by atoms with van der Waals surface area (Å²) in [5, 5.41) is 26.6. The molecule has 0 radical (unpaired) electrons. The fourth-order valence-electron chi connectivity index (χ4n) is 10.2. The summed E-state index contributed by atoms with van der Waals surface area (Å²) in [5.74, 6) is 8.03. The molecule has 0 aliphatic carbocycles. The molecule has 0 fully saturated rings. The number of rotatable bonds is 14. The number of ether oxygens (including phenoxy) is 6. The van der Waals surface area contributed by atoms with E-state index in [0.717, 1.165) is 84.8 Å². The summed E-state index contributed by atoms with van der Waals surface area (Å²) in [6, 6.07) is 25.6. The third kappa shape index (κ3) is 10.4. The highest BCUT2D eigenvalue weighted by Crippen LogP contribution is 2.43. The molecule has 4 aromatic carbocycles. The third-order valence-electron chi connectivity index (χ3n) is 14.3. The number of nitrogens with one attached hydrogen (secondary N) is 3. The zero-order chi connectivity index (χ0) is 59.1. The Morgan fingerprint density at radius 3 is 1.37 bits per heavy atom. The van der Waals surface area contributed by atoms with Crippen LogP contribution in [0.3, 0.4) is 0 Å². The maximum atomic E-state index is 11.1. The number of fused-ring (bicyclic) bond motifs is 4. The van der Waals surface area contributed by atoms with Crippen molar-refractivity contribution in [1.82, 2.24) is 63.9 Å². The van der Waals surface area contributed by atoms with Gasteiger partial charge in [0.05, 0.1) is 48.4 Å². The zero-order valence-corrected chi connectivity index (χ0v) is 49.3. The highest BCUT2D eigenvalue weighted by molar-refractivity contribution is 6.48. The van der Waals surface area contributed by atoms with Crippen molar-refractivity contribution < 1.29 is 28.4 Å². The molecule has 1 aliphatic heterocycles. The molecule has 83 heavy (non-hydrogen) atoms. The minimum atomic E-state index is 0.252. The number of hydrogen-bond acceptors (Lipinski definition) is 16. The van der Waals surface area contributed by atoms with Gasteiger partial charge in [0.2, 0.25) is 23.1 Å². The van der Waals surface area contributed by atoms with E-state index < -0.39 is 0 Å². The zero-order valence-electron chi connectivity index (χ0n) is 49.3. The fraction of sp³-hybridized carbons (Fsp3) is 0.300. The molecule has 0 saturated heterocycles. The maximum Gasteiger partial charge on any atom is 0.204 e. The van der Waals surface area contributed by atoms with Crippen LogP contribution in [0.4, 0.5) is 11.6 Å². The van der Waals surface area contributed by atoms with Crippen LogP contribution >= 0.6 is 0 Å². The molecule has 8 heterocycles. The van der Waals surface area contributed by atoms with Gasteiger partial charge in [-0.2, -0.15) is 9.73 Å². The average molecular weight is 1120 g/mol. The first-order chi connectivity index (χ1) is 39.9. The summed E-state index contributed by atoms with van der Waals surface area (Å²) < 4.78 is 37.8. The van der Waals surface area contributed by atoms with Crippen LogP contribution in [0.1, 0.15) is 91.4 Å². The number of aliphatic imine (C=N–C) groups is 1. The van der Waals surface area contributed by atoms with Crippen LogP contribution < -0.4 is 28.4 Å². The Morgan fingerprint density at radius 2 is 0.952 bits per heavy atom. The minimum Gasteiger partial charge on any atom is -0.493 e. The molecule has 0 saturated carbocycles. The van der Waals surface area contributed by atoms with Crippen LogP contribution in [0.25, 0.3) is 62.5 Å². The van der Waals surface area contributed by atoms with E-state index in [4.69, 9.17) is 43.4 Å². The molecular formula is C60H66N16O7. The largest absolute Gasteiger partial charge is 0.493 e. The molecule has 0 unspecified atom stereocenters. The van der Waals surface area contributed by atoms with Crippen molar-refractivity contribution in [2.75, 3.05) is 42.7 Å². The van der Waals surface area contributed by atoms with Gasteiger partial charge in [0.15, 0.2) is 69.1 Å². The van der Waals surface area contributed by atoms with Crippen molar-refractivity contribution in [3.63, 3.8) is 0 Å². The van der Waals surface area contributed by atoms with Crippen LogP contribution in [0, 0.1) is 39.5 Å². The van der Waals surface area contributed by atoms with E-state index >= 15 is 0 Å². The average Bonchev–Trinajstić information content (AvgIpc) is 4.46. The van der Waals surface area contributed by atoms with Crippen molar-refractivity contribution in [2.24, 2.45) is 15.3 Å². The quantitative estimate of drug-likeness (QED) is 0.0858. The number of benzene rings is 4. The SMILES string of the molecule is COc1cc(-c2nc3cc(C)[nH]n3n2)cc(OC)c1OC.COc1cc(-c2nc3n(n2)N=C(C)C3=Nc2c(C)c(C(C)C)c3nc(-c4ccc(C)cc4)[nH]n23)cc(OC)c1OC.Cc1ccc(-c2nc3c(C(C)C)c(C)c(N=O)n3[nH]2)cc1. The van der Waals surface area contributed by atoms with Crippen molar-refractivity contribution >= 4 is 40.0 Å². The van der Waals surface area contributed by atoms with Gasteiger partial charge in [-0.25, -0.2) is 34.0 Å². The van der Waals surface area contributed by atoms with Crippen molar-refractivity contribution in [3.05, 3.63) is 129 Å². The van der Waals surface area contributed by atoms with Crippen molar-refractivity contribution in [3.8, 4) is 80.0 Å². The van der Waals surface area contributed by atoms with Gasteiger partial charge in [-0.1, -0.05) is 87.4 Å². The number of methoxy groups -OCH3 is 6. The van der Waals surface area contributed by atoms with Gasteiger partial charge >= 0.3 is 0 Å².